The van der Waals surface area contributed by atoms with Crippen molar-refractivity contribution in [1.29, 1.82) is 0 Å². The first-order chi connectivity index (χ1) is 15.1. The van der Waals surface area contributed by atoms with Gasteiger partial charge in [-0.25, -0.2) is 0 Å². The molecular weight excluding hydrogens is 390 g/mol. The van der Waals surface area contributed by atoms with Crippen LogP contribution in [0.4, 0.5) is 0 Å². The van der Waals surface area contributed by atoms with Gasteiger partial charge in [0.25, 0.3) is 5.91 Å². The van der Waals surface area contributed by atoms with Crippen LogP contribution in [-0.4, -0.2) is 55.3 Å². The fourth-order valence-corrected chi connectivity index (χ4v) is 4.62. The van der Waals surface area contributed by atoms with E-state index in [4.69, 9.17) is 15.2 Å². The molecule has 31 heavy (non-hydrogen) atoms. The summed E-state index contributed by atoms with van der Waals surface area (Å²) in [5.74, 6) is 0.397. The molecule has 2 heterocycles. The van der Waals surface area contributed by atoms with E-state index in [1.165, 1.54) is 5.69 Å². The van der Waals surface area contributed by atoms with Gasteiger partial charge in [0.1, 0.15) is 5.75 Å². The Hall–Kier alpha value is -2.31. The fraction of sp³-hybridized carbons (Fsp3) is 0.560. The van der Waals surface area contributed by atoms with Gasteiger partial charge in [-0.05, 0) is 32.3 Å². The molecule has 1 saturated heterocycles. The van der Waals surface area contributed by atoms with Crippen molar-refractivity contribution in [2.24, 2.45) is 5.73 Å². The molecule has 3 rings (SSSR count). The van der Waals surface area contributed by atoms with Crippen molar-refractivity contribution in [3.8, 4) is 16.9 Å². The third kappa shape index (κ3) is 5.49. The number of hydrogen-bond donors (Lipinski definition) is 1. The molecule has 6 heteroatoms. The highest BCUT2D eigenvalue weighted by Gasteiger charge is 2.26. The fourth-order valence-electron chi connectivity index (χ4n) is 4.62. The molecule has 0 bridgehead atoms. The molecular formula is C25H37N3O3. The topological polar surface area (TPSA) is 69.7 Å². The molecule has 0 unspecified atom stereocenters. The van der Waals surface area contributed by atoms with Crippen LogP contribution in [0.2, 0.25) is 0 Å². The highest BCUT2D eigenvalue weighted by molar-refractivity contribution is 6.03. The summed E-state index contributed by atoms with van der Waals surface area (Å²) in [6, 6.07) is 7.92. The van der Waals surface area contributed by atoms with Gasteiger partial charge in [-0.3, -0.25) is 9.69 Å². The van der Waals surface area contributed by atoms with Gasteiger partial charge in [-0.1, -0.05) is 38.0 Å². The molecule has 1 aliphatic heterocycles. The Bertz CT molecular complexity index is 869. The van der Waals surface area contributed by atoms with Crippen LogP contribution >= 0.6 is 0 Å². The standard InChI is InChI=1S/C25H37N3O3/c1-4-5-6-11-21-24(20-10-7-8-12-22(20)30-3)23(25(26)29)19(2)28(21)14-9-13-27-15-17-31-18-16-27/h7-8,10,12H,4-6,9,11,13-18H2,1-3H3,(H2,26,29). The van der Waals surface area contributed by atoms with Gasteiger partial charge in [-0.2, -0.15) is 0 Å². The second-order valence-corrected chi connectivity index (χ2v) is 8.26. The molecule has 0 spiro atoms. The van der Waals surface area contributed by atoms with Crippen molar-refractivity contribution in [2.45, 2.75) is 52.5 Å². The Kier molecular flexibility index (Phi) is 8.55. The van der Waals surface area contributed by atoms with Crippen LogP contribution in [-0.2, 0) is 17.7 Å². The van der Waals surface area contributed by atoms with Crippen molar-refractivity contribution in [1.82, 2.24) is 9.47 Å². The zero-order valence-corrected chi connectivity index (χ0v) is 19.3. The number of amides is 1. The molecule has 2 N–H and O–H groups in total. The van der Waals surface area contributed by atoms with Crippen LogP contribution in [0, 0.1) is 6.92 Å². The summed E-state index contributed by atoms with van der Waals surface area (Å²) in [4.78, 5) is 15.0. The van der Waals surface area contributed by atoms with Gasteiger partial charge in [0.15, 0.2) is 0 Å². The smallest absolute Gasteiger partial charge is 0.251 e. The number of rotatable bonds is 11. The van der Waals surface area contributed by atoms with Crippen LogP contribution in [0.5, 0.6) is 5.75 Å². The van der Waals surface area contributed by atoms with Gasteiger partial charge < -0.3 is 19.8 Å². The second-order valence-electron chi connectivity index (χ2n) is 8.26. The van der Waals surface area contributed by atoms with E-state index >= 15 is 0 Å². The number of benzene rings is 1. The molecule has 1 aromatic heterocycles. The molecule has 1 aliphatic rings. The molecule has 0 atom stereocenters. The van der Waals surface area contributed by atoms with E-state index in [9.17, 15) is 4.79 Å². The largest absolute Gasteiger partial charge is 0.496 e. The number of nitrogens with zero attached hydrogens (tertiary/aromatic N) is 2. The summed E-state index contributed by atoms with van der Waals surface area (Å²) in [5, 5.41) is 0. The maximum atomic E-state index is 12.6. The average Bonchev–Trinajstić information content (AvgIpc) is 3.06. The zero-order valence-electron chi connectivity index (χ0n) is 19.3. The molecule has 6 nitrogen and oxygen atoms in total. The van der Waals surface area contributed by atoms with Crippen LogP contribution in [0.25, 0.3) is 11.1 Å². The van der Waals surface area contributed by atoms with Crippen molar-refractivity contribution in [2.75, 3.05) is 40.0 Å². The van der Waals surface area contributed by atoms with Crippen LogP contribution < -0.4 is 10.5 Å². The maximum Gasteiger partial charge on any atom is 0.251 e. The van der Waals surface area contributed by atoms with Gasteiger partial charge in [0, 0.05) is 48.7 Å². The summed E-state index contributed by atoms with van der Waals surface area (Å²) in [6.07, 6.45) is 5.36. The first-order valence-electron chi connectivity index (χ1n) is 11.5. The number of morpholine rings is 1. The van der Waals surface area contributed by atoms with Gasteiger partial charge in [0.05, 0.1) is 25.9 Å². The second kappa shape index (κ2) is 11.3. The molecule has 0 aliphatic carbocycles. The van der Waals surface area contributed by atoms with Gasteiger partial charge in [-0.15, -0.1) is 0 Å². The third-order valence-electron chi connectivity index (χ3n) is 6.23. The number of methoxy groups -OCH3 is 1. The number of para-hydroxylation sites is 1. The minimum Gasteiger partial charge on any atom is -0.496 e. The van der Waals surface area contributed by atoms with Gasteiger partial charge in [0.2, 0.25) is 0 Å². The number of aromatic nitrogens is 1. The van der Waals surface area contributed by atoms with E-state index < -0.39 is 0 Å². The molecule has 1 fully saturated rings. The molecule has 0 radical (unpaired) electrons. The molecule has 1 aromatic carbocycles. The zero-order chi connectivity index (χ0) is 22.2. The summed E-state index contributed by atoms with van der Waals surface area (Å²) >= 11 is 0. The Balaban J connectivity index is 1.98. The Morgan fingerprint density at radius 3 is 2.55 bits per heavy atom. The lowest BCUT2D eigenvalue weighted by atomic mass is 9.96. The number of unbranched alkanes of at least 4 members (excludes halogenated alkanes) is 2. The van der Waals surface area contributed by atoms with Crippen molar-refractivity contribution in [3.63, 3.8) is 0 Å². The van der Waals surface area contributed by atoms with E-state index in [0.717, 1.165) is 94.1 Å². The average molecular weight is 428 g/mol. The Morgan fingerprint density at radius 2 is 1.87 bits per heavy atom. The SMILES string of the molecule is CCCCCc1c(-c2ccccc2OC)c(C(N)=O)c(C)n1CCCN1CCOCC1. The lowest BCUT2D eigenvalue weighted by Gasteiger charge is -2.26. The van der Waals surface area contributed by atoms with Gasteiger partial charge >= 0.3 is 0 Å². The van der Waals surface area contributed by atoms with E-state index in [1.807, 2.05) is 31.2 Å². The van der Waals surface area contributed by atoms with Crippen LogP contribution in [0.1, 0.15) is 54.4 Å². The number of ether oxygens (including phenoxy) is 2. The lowest BCUT2D eigenvalue weighted by molar-refractivity contribution is 0.0369. The van der Waals surface area contributed by atoms with Crippen LogP contribution in [0.15, 0.2) is 24.3 Å². The minimum absolute atomic E-state index is 0.373. The predicted octanol–water partition coefficient (Wildman–Crippen LogP) is 4.03. The molecule has 2 aromatic rings. The highest BCUT2D eigenvalue weighted by Crippen LogP contribution is 2.39. The number of nitrogens with two attached hydrogens (primary N) is 1. The van der Waals surface area contributed by atoms with E-state index in [0.29, 0.717) is 5.56 Å². The Morgan fingerprint density at radius 1 is 1.13 bits per heavy atom. The molecule has 1 amide bonds. The summed E-state index contributed by atoms with van der Waals surface area (Å²) in [6.45, 7) is 9.76. The first kappa shape index (κ1) is 23.4. The van der Waals surface area contributed by atoms with Crippen LogP contribution in [0.3, 0.4) is 0 Å². The molecule has 0 saturated carbocycles. The number of carbonyl (C=O) groups is 1. The lowest BCUT2D eigenvalue weighted by Crippen LogP contribution is -2.37. The molecule has 170 valence electrons. The summed E-state index contributed by atoms with van der Waals surface area (Å²) < 4.78 is 13.4. The quantitative estimate of drug-likeness (QED) is 0.550. The van der Waals surface area contributed by atoms with Crippen molar-refractivity contribution >= 4 is 5.91 Å². The number of primary amides is 1. The van der Waals surface area contributed by atoms with E-state index in [2.05, 4.69) is 16.4 Å². The monoisotopic (exact) mass is 427 g/mol. The van der Waals surface area contributed by atoms with Crippen molar-refractivity contribution in [3.05, 3.63) is 41.2 Å². The number of hydrogen-bond acceptors (Lipinski definition) is 4. The summed E-state index contributed by atoms with van der Waals surface area (Å²) in [5.41, 5.74) is 10.6. The Labute approximate surface area is 186 Å². The highest BCUT2D eigenvalue weighted by atomic mass is 16.5. The third-order valence-corrected chi connectivity index (χ3v) is 6.23. The summed E-state index contributed by atoms with van der Waals surface area (Å²) in [7, 11) is 1.67. The minimum atomic E-state index is -0.373. The van der Waals surface area contributed by atoms with E-state index in [-0.39, 0.29) is 5.91 Å². The van der Waals surface area contributed by atoms with E-state index in [1.54, 1.807) is 7.11 Å². The predicted molar refractivity (Wildman–Crippen MR) is 125 cm³/mol. The first-order valence-corrected chi connectivity index (χ1v) is 11.5. The number of carbonyl (C=O) groups excluding carboxylic acids is 1. The normalized spacial score (nSPS) is 14.7. The van der Waals surface area contributed by atoms with Crippen molar-refractivity contribution < 1.29 is 14.3 Å². The maximum absolute atomic E-state index is 12.6.